The molecule has 0 radical (unpaired) electrons. The third-order valence-electron chi connectivity index (χ3n) is 4.47. The lowest BCUT2D eigenvalue weighted by atomic mass is 10.0. The van der Waals surface area contributed by atoms with E-state index in [1.165, 1.54) is 5.41 Å². The van der Waals surface area contributed by atoms with E-state index in [9.17, 15) is 42.3 Å². The summed E-state index contributed by atoms with van der Waals surface area (Å²) in [4.78, 5) is 68.4. The molecule has 19 heteroatoms. The van der Waals surface area contributed by atoms with Crippen molar-refractivity contribution in [3.63, 3.8) is 0 Å². The van der Waals surface area contributed by atoms with E-state index in [-0.39, 0.29) is 27.2 Å². The van der Waals surface area contributed by atoms with E-state index in [0.717, 1.165) is 58.3 Å². The first-order chi connectivity index (χ1) is 17.3. The number of nitrogen functional groups attached to an aromatic ring is 1. The maximum atomic E-state index is 12.8. The Morgan fingerprint density at radius 3 is 2.65 bits per heavy atom. The smallest absolute Gasteiger partial charge is 0.477 e. The minimum Gasteiger partial charge on any atom is -0.477 e. The SMILES string of the molecule is COC(=O)/C=C\SC1=C(C(=O)O)N2C(=O)[C@@H](NC(=O)/C(=N\OC(=O)C(F)(F)F)c3csc(N)n3)[C@@H]2SC1. The number of rotatable bonds is 8. The number of thiazole rings is 1. The molecular weight excluding hydrogens is 567 g/mol. The average molecular weight is 582 g/mol. The van der Waals surface area contributed by atoms with Gasteiger partial charge in [-0.3, -0.25) is 14.5 Å². The quantitative estimate of drug-likeness (QED) is 0.0972. The lowest BCUT2D eigenvalue weighted by Crippen LogP contribution is -2.71. The van der Waals surface area contributed by atoms with E-state index >= 15 is 0 Å². The zero-order chi connectivity index (χ0) is 27.5. The van der Waals surface area contributed by atoms with Gasteiger partial charge in [0.25, 0.3) is 11.8 Å². The molecule has 2 amide bonds. The second-order valence-corrected chi connectivity index (χ2v) is 9.76. The number of nitrogens with zero attached hydrogens (tertiary/aromatic N) is 3. The van der Waals surface area contributed by atoms with Gasteiger partial charge in [-0.05, 0) is 5.41 Å². The number of oxime groups is 1. The number of amides is 2. The van der Waals surface area contributed by atoms with Crippen LogP contribution in [-0.4, -0.2) is 80.9 Å². The summed E-state index contributed by atoms with van der Waals surface area (Å²) < 4.78 is 41.9. The minimum atomic E-state index is -5.39. The summed E-state index contributed by atoms with van der Waals surface area (Å²) in [6.07, 6.45) is -4.33. The van der Waals surface area contributed by atoms with Gasteiger partial charge in [0.2, 0.25) is 0 Å². The fraction of sp³-hybridized carbons (Fsp3) is 0.278. The van der Waals surface area contributed by atoms with Gasteiger partial charge in [-0.15, -0.1) is 23.1 Å². The van der Waals surface area contributed by atoms with E-state index in [0.29, 0.717) is 0 Å². The van der Waals surface area contributed by atoms with Crippen molar-refractivity contribution in [1.82, 2.24) is 15.2 Å². The number of aliphatic carboxylic acids is 1. The fourth-order valence-corrected chi connectivity index (χ4v) is 5.73. The van der Waals surface area contributed by atoms with Crippen molar-refractivity contribution in [2.45, 2.75) is 17.6 Å². The Hall–Kier alpha value is -3.58. The minimum absolute atomic E-state index is 0.0751. The molecule has 1 fully saturated rings. The molecule has 1 saturated heterocycles. The molecule has 3 rings (SSSR count). The number of alkyl halides is 3. The number of fused-ring (bicyclic) bond motifs is 1. The second-order valence-electron chi connectivity index (χ2n) is 6.77. The molecule has 2 aliphatic rings. The highest BCUT2D eigenvalue weighted by Crippen LogP contribution is 2.43. The standard InChI is InChI=1S/C18H14F3N5O8S3/c1-33-8(27)2-3-35-7-5-36-14-10(13(29)26(14)11(7)15(30)31)24-12(28)9(6-4-37-17(22)23-6)25-34-16(32)18(19,20)21/h2-4,10,14H,5H2,1H3,(H2,22,23)(H,24,28)(H,30,31)/b3-2-,25-9-/t10-,14+/m1/s1. The first-order valence-corrected chi connectivity index (χ1v) is 12.4. The van der Waals surface area contributed by atoms with Gasteiger partial charge in [0.05, 0.1) is 7.11 Å². The van der Waals surface area contributed by atoms with Crippen LogP contribution < -0.4 is 11.1 Å². The molecule has 0 saturated carbocycles. The van der Waals surface area contributed by atoms with Gasteiger partial charge in [0.1, 0.15) is 22.8 Å². The number of esters is 1. The van der Waals surface area contributed by atoms with Crippen molar-refractivity contribution < 1.29 is 51.8 Å². The highest BCUT2D eigenvalue weighted by atomic mass is 32.2. The number of anilines is 1. The highest BCUT2D eigenvalue weighted by molar-refractivity contribution is 8.08. The molecule has 0 bridgehead atoms. The van der Waals surface area contributed by atoms with Crippen LogP contribution in [0.5, 0.6) is 0 Å². The van der Waals surface area contributed by atoms with Crippen molar-refractivity contribution >= 4 is 75.4 Å². The molecule has 1 aromatic heterocycles. The molecule has 3 heterocycles. The number of methoxy groups -OCH3 is 1. The number of carboxylic acid groups (broad SMARTS) is 1. The lowest BCUT2D eigenvalue weighted by molar-refractivity contribution is -0.199. The largest absolute Gasteiger partial charge is 0.493 e. The highest BCUT2D eigenvalue weighted by Gasteiger charge is 2.54. The van der Waals surface area contributed by atoms with Crippen LogP contribution >= 0.6 is 34.9 Å². The molecule has 0 spiro atoms. The van der Waals surface area contributed by atoms with E-state index in [1.54, 1.807) is 0 Å². The first-order valence-electron chi connectivity index (χ1n) is 9.55. The van der Waals surface area contributed by atoms with Crippen LogP contribution in [0.2, 0.25) is 0 Å². The summed E-state index contributed by atoms with van der Waals surface area (Å²) in [5.74, 6) is -6.77. The monoisotopic (exact) mass is 581 g/mol. The van der Waals surface area contributed by atoms with E-state index in [4.69, 9.17) is 5.73 Å². The van der Waals surface area contributed by atoms with Gasteiger partial charge in [-0.2, -0.15) is 13.2 Å². The molecule has 37 heavy (non-hydrogen) atoms. The van der Waals surface area contributed by atoms with Gasteiger partial charge < -0.3 is 25.7 Å². The first kappa shape index (κ1) is 28.0. The summed E-state index contributed by atoms with van der Waals surface area (Å²) in [7, 11) is 1.16. The summed E-state index contributed by atoms with van der Waals surface area (Å²) in [6, 6.07) is -1.29. The Labute approximate surface area is 216 Å². The third kappa shape index (κ3) is 6.23. The van der Waals surface area contributed by atoms with Crippen LogP contribution in [0.15, 0.2) is 32.6 Å². The number of nitrogens with two attached hydrogens (primary N) is 1. The third-order valence-corrected chi connectivity index (χ3v) is 7.50. The Morgan fingerprint density at radius 2 is 2.08 bits per heavy atom. The van der Waals surface area contributed by atoms with E-state index < -0.39 is 53.0 Å². The topological polar surface area (TPSA) is 191 Å². The number of nitrogens with one attached hydrogen (secondary N) is 1. The Morgan fingerprint density at radius 1 is 1.38 bits per heavy atom. The van der Waals surface area contributed by atoms with E-state index in [1.807, 2.05) is 0 Å². The van der Waals surface area contributed by atoms with Gasteiger partial charge in [0, 0.05) is 22.1 Å². The maximum absolute atomic E-state index is 12.8. The number of carbonyl (C=O) groups excluding carboxylic acids is 4. The Kier molecular flexibility index (Phi) is 8.49. The van der Waals surface area contributed by atoms with Crippen molar-refractivity contribution in [3.8, 4) is 0 Å². The summed E-state index contributed by atoms with van der Waals surface area (Å²) in [5.41, 5.74) is 3.93. The lowest BCUT2D eigenvalue weighted by Gasteiger charge is -2.49. The van der Waals surface area contributed by atoms with Crippen LogP contribution in [0, 0.1) is 0 Å². The van der Waals surface area contributed by atoms with Crippen LogP contribution in [-0.2, 0) is 33.5 Å². The summed E-state index contributed by atoms with van der Waals surface area (Å²) >= 11 is 2.79. The van der Waals surface area contributed by atoms with Crippen LogP contribution in [0.1, 0.15) is 5.69 Å². The van der Waals surface area contributed by atoms with Crippen LogP contribution in [0.25, 0.3) is 0 Å². The van der Waals surface area contributed by atoms with Gasteiger partial charge in [0.15, 0.2) is 10.8 Å². The Balaban J connectivity index is 1.80. The average Bonchev–Trinajstić information content (AvgIpc) is 3.26. The van der Waals surface area contributed by atoms with Crippen molar-refractivity contribution in [1.29, 1.82) is 0 Å². The normalized spacial score (nSPS) is 19.8. The number of aromatic nitrogens is 1. The van der Waals surface area contributed by atoms with Gasteiger partial charge in [-0.25, -0.2) is 19.4 Å². The number of thioether (sulfide) groups is 2. The molecule has 2 atom stereocenters. The van der Waals surface area contributed by atoms with Gasteiger partial charge >= 0.3 is 24.1 Å². The second kappa shape index (κ2) is 11.2. The summed E-state index contributed by atoms with van der Waals surface area (Å²) in [6.45, 7) is 0. The predicted octanol–water partition coefficient (Wildman–Crippen LogP) is 0.651. The van der Waals surface area contributed by atoms with Crippen molar-refractivity contribution in [3.05, 3.63) is 33.2 Å². The predicted molar refractivity (Wildman–Crippen MR) is 124 cm³/mol. The molecular formula is C18H14F3N5O8S3. The number of carbonyl (C=O) groups is 5. The molecule has 2 aliphatic heterocycles. The van der Waals surface area contributed by atoms with Crippen molar-refractivity contribution in [2.24, 2.45) is 5.16 Å². The zero-order valence-electron chi connectivity index (χ0n) is 18.2. The zero-order valence-corrected chi connectivity index (χ0v) is 20.6. The molecule has 0 unspecified atom stereocenters. The van der Waals surface area contributed by atoms with Crippen LogP contribution in [0.4, 0.5) is 18.3 Å². The Bertz CT molecular complexity index is 1250. The number of β-lactam (4-membered cyclic amide) rings is 1. The molecule has 1 aromatic rings. The maximum Gasteiger partial charge on any atom is 0.493 e. The molecule has 4 N–H and O–H groups in total. The van der Waals surface area contributed by atoms with E-state index in [2.05, 4.69) is 25.0 Å². The molecule has 0 aromatic carbocycles. The number of carboxylic acids is 1. The molecule has 198 valence electrons. The number of ether oxygens (including phenoxy) is 1. The van der Waals surface area contributed by atoms with Crippen molar-refractivity contribution in [2.75, 3.05) is 18.6 Å². The fourth-order valence-electron chi connectivity index (χ4n) is 2.87. The van der Waals surface area contributed by atoms with Gasteiger partial charge in [-0.1, -0.05) is 16.9 Å². The summed E-state index contributed by atoms with van der Waals surface area (Å²) in [5, 5.41) is 16.4. The molecule has 0 aliphatic carbocycles. The number of hydrogen-bond donors (Lipinski definition) is 3. The van der Waals surface area contributed by atoms with Crippen LogP contribution in [0.3, 0.4) is 0 Å². The number of halogens is 3. The number of hydrogen-bond acceptors (Lipinski definition) is 13. The molecule has 13 nitrogen and oxygen atoms in total.